The number of hydrogen-bond acceptors (Lipinski definition) is 1. The van der Waals surface area contributed by atoms with Crippen molar-refractivity contribution in [2.75, 3.05) is 7.05 Å². The quantitative estimate of drug-likeness (QED) is 0.558. The highest BCUT2D eigenvalue weighted by Gasteiger charge is 2.06. The van der Waals surface area contributed by atoms with Gasteiger partial charge in [-0.2, -0.15) is 0 Å². The summed E-state index contributed by atoms with van der Waals surface area (Å²) in [5.74, 6) is 0. The Morgan fingerprint density at radius 3 is 2.07 bits per heavy atom. The van der Waals surface area contributed by atoms with Crippen molar-refractivity contribution in [3.8, 4) is 0 Å². The Kier molecular flexibility index (Phi) is 7.45. The first-order chi connectivity index (χ1) is 6.71. The summed E-state index contributed by atoms with van der Waals surface area (Å²) in [6, 6.07) is 0. The van der Waals surface area contributed by atoms with Crippen LogP contribution in [0.4, 0.5) is 0 Å². The van der Waals surface area contributed by atoms with Crippen LogP contribution in [0.5, 0.6) is 0 Å². The number of hydrogen-bond donors (Lipinski definition) is 0. The maximum atomic E-state index is 4.42. The highest BCUT2D eigenvalue weighted by molar-refractivity contribution is 6.00. The van der Waals surface area contributed by atoms with Crippen LogP contribution < -0.4 is 0 Å². The van der Waals surface area contributed by atoms with Gasteiger partial charge in [0.15, 0.2) is 0 Å². The molecule has 0 heterocycles. The van der Waals surface area contributed by atoms with Crippen LogP contribution >= 0.6 is 0 Å². The predicted molar refractivity (Wildman–Crippen MR) is 66.2 cm³/mol. The van der Waals surface area contributed by atoms with Crippen LogP contribution in [0.2, 0.25) is 0 Å². The summed E-state index contributed by atoms with van der Waals surface area (Å²) in [7, 11) is 1.92. The van der Waals surface area contributed by atoms with Gasteiger partial charge in [0.05, 0.1) is 0 Å². The lowest BCUT2D eigenvalue weighted by atomic mass is 9.96. The van der Waals surface area contributed by atoms with E-state index in [1.165, 1.54) is 29.7 Å². The highest BCUT2D eigenvalue weighted by atomic mass is 14.7. The van der Waals surface area contributed by atoms with Crippen LogP contribution in [-0.4, -0.2) is 12.8 Å². The molecule has 0 spiro atoms. The van der Waals surface area contributed by atoms with Crippen molar-refractivity contribution in [2.24, 2.45) is 4.99 Å². The molecule has 0 aliphatic heterocycles. The molecule has 0 rings (SSSR count). The summed E-state index contributed by atoms with van der Waals surface area (Å²) in [6.07, 6.45) is 5.92. The molecule has 0 unspecified atom stereocenters. The molecule has 0 amide bonds. The van der Waals surface area contributed by atoms with Gasteiger partial charge in [-0.1, -0.05) is 32.8 Å². The number of rotatable bonds is 6. The zero-order valence-corrected chi connectivity index (χ0v) is 10.5. The van der Waals surface area contributed by atoms with Gasteiger partial charge in [0.25, 0.3) is 0 Å². The molecule has 1 nitrogen and oxygen atoms in total. The third kappa shape index (κ3) is 4.08. The molecule has 0 saturated heterocycles. The first-order valence-electron chi connectivity index (χ1n) is 5.85. The fourth-order valence-electron chi connectivity index (χ4n) is 1.71. The van der Waals surface area contributed by atoms with E-state index in [1.807, 2.05) is 7.05 Å². The Bertz CT molecular complexity index is 211. The summed E-state index contributed by atoms with van der Waals surface area (Å²) in [4.78, 5) is 4.42. The van der Waals surface area contributed by atoms with Crippen molar-refractivity contribution in [2.45, 2.75) is 59.8 Å². The topological polar surface area (TPSA) is 12.4 Å². The third-order valence-electron chi connectivity index (χ3n) is 2.78. The van der Waals surface area contributed by atoms with Gasteiger partial charge in [-0.25, -0.2) is 0 Å². The molecule has 0 aliphatic rings. The average molecular weight is 195 g/mol. The summed E-state index contributed by atoms with van der Waals surface area (Å²) in [6.45, 7) is 8.91. The van der Waals surface area contributed by atoms with Crippen LogP contribution in [0.3, 0.4) is 0 Å². The molecule has 0 radical (unpaired) electrons. The van der Waals surface area contributed by atoms with Gasteiger partial charge in [0.2, 0.25) is 0 Å². The molecule has 0 bridgehead atoms. The monoisotopic (exact) mass is 195 g/mol. The van der Waals surface area contributed by atoms with E-state index in [0.717, 1.165) is 19.3 Å². The summed E-state index contributed by atoms with van der Waals surface area (Å²) < 4.78 is 0. The summed E-state index contributed by atoms with van der Waals surface area (Å²) >= 11 is 0. The van der Waals surface area contributed by atoms with Crippen LogP contribution in [-0.2, 0) is 0 Å². The van der Waals surface area contributed by atoms with Crippen molar-refractivity contribution in [3.63, 3.8) is 0 Å². The molecule has 0 aromatic carbocycles. The molecule has 0 aromatic rings. The smallest absolute Gasteiger partial charge is 0.0376 e. The SMILES string of the molecule is CCCCC(=NC)/C(CC)=C(\C)CC. The van der Waals surface area contributed by atoms with Crippen molar-refractivity contribution < 1.29 is 0 Å². The molecule has 0 atom stereocenters. The van der Waals surface area contributed by atoms with Gasteiger partial charge in [0.1, 0.15) is 0 Å². The van der Waals surface area contributed by atoms with Crippen molar-refractivity contribution >= 4 is 5.71 Å². The molecule has 82 valence electrons. The van der Waals surface area contributed by atoms with Crippen LogP contribution in [0.15, 0.2) is 16.1 Å². The van der Waals surface area contributed by atoms with Crippen molar-refractivity contribution in [1.82, 2.24) is 0 Å². The van der Waals surface area contributed by atoms with Crippen LogP contribution in [0.1, 0.15) is 59.8 Å². The molecular formula is C13H25N. The second kappa shape index (κ2) is 7.78. The van der Waals surface area contributed by atoms with E-state index in [9.17, 15) is 0 Å². The van der Waals surface area contributed by atoms with Crippen molar-refractivity contribution in [1.29, 1.82) is 0 Å². The summed E-state index contributed by atoms with van der Waals surface area (Å²) in [5, 5.41) is 0. The van der Waals surface area contributed by atoms with Gasteiger partial charge >= 0.3 is 0 Å². The Morgan fingerprint density at radius 2 is 1.71 bits per heavy atom. The standard InChI is InChI=1S/C13H25N/c1-6-9-10-13(14-5)12(8-3)11(4)7-2/h6-10H2,1-5H3/b12-11+,14-13?. The van der Waals surface area contributed by atoms with E-state index in [-0.39, 0.29) is 0 Å². The number of nitrogens with zero attached hydrogens (tertiary/aromatic N) is 1. The maximum Gasteiger partial charge on any atom is 0.0376 e. The van der Waals surface area contributed by atoms with Crippen molar-refractivity contribution in [3.05, 3.63) is 11.1 Å². The van der Waals surface area contributed by atoms with E-state index >= 15 is 0 Å². The molecule has 0 saturated carbocycles. The zero-order valence-electron chi connectivity index (χ0n) is 10.5. The number of allylic oxidation sites excluding steroid dienone is 2. The predicted octanol–water partition coefficient (Wildman–Crippen LogP) is 4.38. The van der Waals surface area contributed by atoms with E-state index < -0.39 is 0 Å². The molecule has 0 N–H and O–H groups in total. The molecule has 0 fully saturated rings. The lowest BCUT2D eigenvalue weighted by molar-refractivity contribution is 0.829. The highest BCUT2D eigenvalue weighted by Crippen LogP contribution is 2.17. The molecule has 0 aromatic heterocycles. The second-order valence-corrected chi connectivity index (χ2v) is 3.74. The lowest BCUT2D eigenvalue weighted by Gasteiger charge is -2.11. The lowest BCUT2D eigenvalue weighted by Crippen LogP contribution is -2.05. The largest absolute Gasteiger partial charge is 0.293 e. The Balaban J connectivity index is 4.64. The minimum absolute atomic E-state index is 1.12. The Labute approximate surface area is 89.3 Å². The molecule has 1 heteroatoms. The fraction of sp³-hybridized carbons (Fsp3) is 0.769. The Morgan fingerprint density at radius 1 is 1.07 bits per heavy atom. The maximum absolute atomic E-state index is 4.42. The minimum atomic E-state index is 1.12. The van der Waals surface area contributed by atoms with E-state index in [2.05, 4.69) is 32.7 Å². The molecule has 14 heavy (non-hydrogen) atoms. The normalized spacial score (nSPS) is 14.2. The van der Waals surface area contributed by atoms with E-state index in [0.29, 0.717) is 0 Å². The van der Waals surface area contributed by atoms with Gasteiger partial charge in [-0.15, -0.1) is 0 Å². The van der Waals surface area contributed by atoms with Gasteiger partial charge < -0.3 is 0 Å². The first-order valence-corrected chi connectivity index (χ1v) is 5.85. The Hall–Kier alpha value is -0.590. The van der Waals surface area contributed by atoms with Gasteiger partial charge in [-0.3, -0.25) is 4.99 Å². The van der Waals surface area contributed by atoms with Gasteiger partial charge in [0, 0.05) is 12.8 Å². The average Bonchev–Trinajstić information content (AvgIpc) is 2.23. The molecule has 0 aliphatic carbocycles. The van der Waals surface area contributed by atoms with E-state index in [1.54, 1.807) is 0 Å². The second-order valence-electron chi connectivity index (χ2n) is 3.74. The zero-order chi connectivity index (χ0) is 11.0. The third-order valence-corrected chi connectivity index (χ3v) is 2.78. The molecular weight excluding hydrogens is 170 g/mol. The number of unbranched alkanes of at least 4 members (excludes halogenated alkanes) is 1. The van der Waals surface area contributed by atoms with Crippen LogP contribution in [0.25, 0.3) is 0 Å². The van der Waals surface area contributed by atoms with E-state index in [4.69, 9.17) is 0 Å². The van der Waals surface area contributed by atoms with Crippen LogP contribution in [0, 0.1) is 0 Å². The van der Waals surface area contributed by atoms with Gasteiger partial charge in [-0.05, 0) is 38.2 Å². The fourth-order valence-corrected chi connectivity index (χ4v) is 1.71. The first kappa shape index (κ1) is 13.4. The number of aliphatic imine (C=N–C) groups is 1. The minimum Gasteiger partial charge on any atom is -0.293 e. The summed E-state index contributed by atoms with van der Waals surface area (Å²) in [5.41, 5.74) is 4.32.